The van der Waals surface area contributed by atoms with E-state index in [1.165, 1.54) is 6.20 Å². The SMILES string of the molecule is CC(O)CC(C)CNC(=O)c1ccc(OC(C)(C)C)nc1. The second-order valence-corrected chi connectivity index (χ2v) is 6.50. The zero-order valence-electron chi connectivity index (χ0n) is 13.5. The molecule has 5 nitrogen and oxygen atoms in total. The number of carbonyl (C=O) groups is 1. The van der Waals surface area contributed by atoms with E-state index in [1.54, 1.807) is 19.1 Å². The van der Waals surface area contributed by atoms with Crippen LogP contribution in [-0.2, 0) is 0 Å². The number of hydrogen-bond donors (Lipinski definition) is 2. The first-order valence-electron chi connectivity index (χ1n) is 7.28. The Morgan fingerprint density at radius 1 is 1.38 bits per heavy atom. The van der Waals surface area contributed by atoms with Gasteiger partial charge in [-0.25, -0.2) is 4.98 Å². The lowest BCUT2D eigenvalue weighted by molar-refractivity contribution is 0.0938. The highest BCUT2D eigenvalue weighted by molar-refractivity contribution is 5.93. The molecule has 1 amide bonds. The summed E-state index contributed by atoms with van der Waals surface area (Å²) in [5, 5.41) is 12.1. The quantitative estimate of drug-likeness (QED) is 0.845. The minimum Gasteiger partial charge on any atom is -0.472 e. The Labute approximate surface area is 126 Å². The number of aliphatic hydroxyl groups is 1. The van der Waals surface area contributed by atoms with E-state index in [2.05, 4.69) is 10.3 Å². The molecular weight excluding hydrogens is 268 g/mol. The van der Waals surface area contributed by atoms with Gasteiger partial charge in [0, 0.05) is 18.8 Å². The van der Waals surface area contributed by atoms with Gasteiger partial charge >= 0.3 is 0 Å². The number of nitrogens with one attached hydrogen (secondary N) is 1. The number of aromatic nitrogens is 1. The van der Waals surface area contributed by atoms with Crippen molar-refractivity contribution in [1.29, 1.82) is 0 Å². The Morgan fingerprint density at radius 2 is 2.05 bits per heavy atom. The van der Waals surface area contributed by atoms with Gasteiger partial charge in [0.25, 0.3) is 5.91 Å². The van der Waals surface area contributed by atoms with Gasteiger partial charge in [-0.05, 0) is 46.1 Å². The van der Waals surface area contributed by atoms with E-state index in [1.807, 2.05) is 27.7 Å². The molecule has 118 valence electrons. The van der Waals surface area contributed by atoms with Crippen LogP contribution in [-0.4, -0.2) is 34.2 Å². The van der Waals surface area contributed by atoms with Gasteiger partial charge in [-0.15, -0.1) is 0 Å². The van der Waals surface area contributed by atoms with E-state index in [-0.39, 0.29) is 23.5 Å². The zero-order chi connectivity index (χ0) is 16.0. The lowest BCUT2D eigenvalue weighted by atomic mass is 10.0. The monoisotopic (exact) mass is 294 g/mol. The highest BCUT2D eigenvalue weighted by Gasteiger charge is 2.14. The third-order valence-electron chi connectivity index (χ3n) is 2.76. The molecule has 0 aliphatic heterocycles. The molecule has 0 aromatic carbocycles. The third kappa shape index (κ3) is 7.09. The van der Waals surface area contributed by atoms with Gasteiger partial charge in [-0.1, -0.05) is 6.92 Å². The fourth-order valence-corrected chi connectivity index (χ4v) is 1.92. The first-order chi connectivity index (χ1) is 9.67. The number of pyridine rings is 1. The van der Waals surface area contributed by atoms with Crippen LogP contribution in [0.5, 0.6) is 5.88 Å². The maximum Gasteiger partial charge on any atom is 0.252 e. The Morgan fingerprint density at radius 3 is 2.52 bits per heavy atom. The molecule has 1 aromatic heterocycles. The van der Waals surface area contributed by atoms with Crippen LogP contribution in [0.3, 0.4) is 0 Å². The normalized spacial score (nSPS) is 14.4. The van der Waals surface area contributed by atoms with Crippen LogP contribution in [0, 0.1) is 5.92 Å². The summed E-state index contributed by atoms with van der Waals surface area (Å²) >= 11 is 0. The molecule has 0 aliphatic carbocycles. The van der Waals surface area contributed by atoms with E-state index in [0.717, 1.165) is 0 Å². The molecule has 1 aromatic rings. The molecule has 0 saturated carbocycles. The lowest BCUT2D eigenvalue weighted by Gasteiger charge is -2.20. The Kier molecular flexibility index (Phi) is 6.15. The van der Waals surface area contributed by atoms with Crippen molar-refractivity contribution in [2.45, 2.75) is 52.7 Å². The van der Waals surface area contributed by atoms with E-state index >= 15 is 0 Å². The molecule has 0 spiro atoms. The first kappa shape index (κ1) is 17.4. The van der Waals surface area contributed by atoms with Gasteiger partial charge in [0.15, 0.2) is 0 Å². The van der Waals surface area contributed by atoms with Crippen LogP contribution in [0.4, 0.5) is 0 Å². The van der Waals surface area contributed by atoms with Crippen molar-refractivity contribution in [1.82, 2.24) is 10.3 Å². The smallest absolute Gasteiger partial charge is 0.252 e. The van der Waals surface area contributed by atoms with Crippen LogP contribution < -0.4 is 10.1 Å². The van der Waals surface area contributed by atoms with E-state index < -0.39 is 0 Å². The molecule has 0 radical (unpaired) electrons. The van der Waals surface area contributed by atoms with Crippen molar-refractivity contribution in [2.24, 2.45) is 5.92 Å². The van der Waals surface area contributed by atoms with Gasteiger partial charge in [0.05, 0.1) is 11.7 Å². The maximum atomic E-state index is 12.0. The van der Waals surface area contributed by atoms with Gasteiger partial charge in [0.1, 0.15) is 5.60 Å². The Balaban J connectivity index is 2.52. The fraction of sp³-hybridized carbons (Fsp3) is 0.625. The number of amides is 1. The molecule has 0 fully saturated rings. The number of ether oxygens (including phenoxy) is 1. The summed E-state index contributed by atoms with van der Waals surface area (Å²) in [5.41, 5.74) is 0.188. The summed E-state index contributed by atoms with van der Waals surface area (Å²) in [5.74, 6) is 0.564. The van der Waals surface area contributed by atoms with Crippen LogP contribution in [0.15, 0.2) is 18.3 Å². The number of nitrogens with zero attached hydrogens (tertiary/aromatic N) is 1. The minimum absolute atomic E-state index is 0.165. The molecule has 1 heterocycles. The number of carbonyl (C=O) groups excluding carboxylic acids is 1. The maximum absolute atomic E-state index is 12.0. The van der Waals surface area contributed by atoms with Crippen LogP contribution in [0.25, 0.3) is 0 Å². The molecule has 21 heavy (non-hydrogen) atoms. The summed E-state index contributed by atoms with van der Waals surface area (Å²) in [6, 6.07) is 3.39. The van der Waals surface area contributed by atoms with E-state index in [9.17, 15) is 9.90 Å². The standard InChI is InChI=1S/C16H26N2O3/c1-11(8-12(2)19)9-18-15(20)13-6-7-14(17-10-13)21-16(3,4)5/h6-7,10-12,19H,8-9H2,1-5H3,(H,18,20). The topological polar surface area (TPSA) is 71.5 Å². The molecule has 2 N–H and O–H groups in total. The largest absolute Gasteiger partial charge is 0.472 e. The summed E-state index contributed by atoms with van der Waals surface area (Å²) in [6.45, 7) is 10.1. The fourth-order valence-electron chi connectivity index (χ4n) is 1.92. The van der Waals surface area contributed by atoms with E-state index in [4.69, 9.17) is 4.74 Å². The summed E-state index contributed by atoms with van der Waals surface area (Å²) in [7, 11) is 0. The van der Waals surface area contributed by atoms with Crippen molar-refractivity contribution < 1.29 is 14.6 Å². The van der Waals surface area contributed by atoms with Crippen LogP contribution >= 0.6 is 0 Å². The average Bonchev–Trinajstić information content (AvgIpc) is 2.34. The molecule has 0 saturated heterocycles. The molecule has 2 atom stereocenters. The van der Waals surface area contributed by atoms with Crippen molar-refractivity contribution in [3.63, 3.8) is 0 Å². The van der Waals surface area contributed by atoms with Crippen molar-refractivity contribution in [3.05, 3.63) is 23.9 Å². The van der Waals surface area contributed by atoms with Crippen molar-refractivity contribution >= 4 is 5.91 Å². The summed E-state index contributed by atoms with van der Waals surface area (Å²) < 4.78 is 5.61. The van der Waals surface area contributed by atoms with Gasteiger partial charge < -0.3 is 15.2 Å². The molecule has 0 bridgehead atoms. The average molecular weight is 294 g/mol. The second kappa shape index (κ2) is 7.41. The van der Waals surface area contributed by atoms with Crippen molar-refractivity contribution in [3.8, 4) is 5.88 Å². The highest BCUT2D eigenvalue weighted by Crippen LogP contribution is 2.15. The zero-order valence-corrected chi connectivity index (χ0v) is 13.5. The van der Waals surface area contributed by atoms with Gasteiger partial charge in [-0.2, -0.15) is 0 Å². The Hall–Kier alpha value is -1.62. The number of hydrogen-bond acceptors (Lipinski definition) is 4. The summed E-state index contributed by atoms with van der Waals surface area (Å²) in [4.78, 5) is 16.1. The predicted molar refractivity (Wildman–Crippen MR) is 82.4 cm³/mol. The molecule has 5 heteroatoms. The molecule has 1 rings (SSSR count). The molecule has 0 aliphatic rings. The second-order valence-electron chi connectivity index (χ2n) is 6.50. The van der Waals surface area contributed by atoms with Crippen LogP contribution in [0.2, 0.25) is 0 Å². The number of rotatable bonds is 6. The molecule has 2 unspecified atom stereocenters. The predicted octanol–water partition coefficient (Wildman–Crippen LogP) is 2.40. The highest BCUT2D eigenvalue weighted by atomic mass is 16.5. The molecular formula is C16H26N2O3. The van der Waals surface area contributed by atoms with Crippen molar-refractivity contribution in [2.75, 3.05) is 6.54 Å². The third-order valence-corrected chi connectivity index (χ3v) is 2.76. The summed E-state index contributed by atoms with van der Waals surface area (Å²) in [6.07, 6.45) is 1.82. The van der Waals surface area contributed by atoms with Gasteiger partial charge in [0.2, 0.25) is 5.88 Å². The Bertz CT molecular complexity index is 450. The van der Waals surface area contributed by atoms with Gasteiger partial charge in [-0.3, -0.25) is 4.79 Å². The first-order valence-corrected chi connectivity index (χ1v) is 7.28. The van der Waals surface area contributed by atoms with Crippen LogP contribution in [0.1, 0.15) is 51.4 Å². The van der Waals surface area contributed by atoms with E-state index in [0.29, 0.717) is 24.4 Å². The number of aliphatic hydroxyl groups excluding tert-OH is 1. The lowest BCUT2D eigenvalue weighted by Crippen LogP contribution is -2.29. The minimum atomic E-state index is -0.354.